The fourth-order valence-electron chi connectivity index (χ4n) is 2.86. The number of ether oxygens (including phenoxy) is 2. The Kier molecular flexibility index (Phi) is 6.32. The molecule has 0 amide bonds. The molecular weight excluding hydrogens is 340 g/mol. The molecule has 8 nitrogen and oxygen atoms in total. The monoisotopic (exact) mass is 362 g/mol. The molecule has 0 N–H and O–H groups in total. The van der Waals surface area contributed by atoms with Crippen molar-refractivity contribution >= 4 is 22.6 Å². The molecule has 0 aliphatic heterocycles. The molecule has 2 rings (SSSR count). The predicted molar refractivity (Wildman–Crippen MR) is 96.9 cm³/mol. The van der Waals surface area contributed by atoms with Crippen molar-refractivity contribution in [1.82, 2.24) is 4.57 Å². The molecule has 0 aliphatic carbocycles. The van der Waals surface area contributed by atoms with E-state index in [0.29, 0.717) is 17.4 Å². The van der Waals surface area contributed by atoms with E-state index in [1.165, 1.54) is 36.8 Å². The summed E-state index contributed by atoms with van der Waals surface area (Å²) in [5, 5.41) is 11.6. The van der Waals surface area contributed by atoms with E-state index in [1.54, 1.807) is 0 Å². The fourth-order valence-corrected chi connectivity index (χ4v) is 2.86. The third-order valence-corrected chi connectivity index (χ3v) is 4.06. The summed E-state index contributed by atoms with van der Waals surface area (Å²) >= 11 is 0. The highest BCUT2D eigenvalue weighted by Gasteiger charge is 2.22. The number of esters is 1. The van der Waals surface area contributed by atoms with E-state index in [2.05, 4.69) is 6.92 Å². The minimum absolute atomic E-state index is 0.0971. The van der Waals surface area contributed by atoms with Crippen molar-refractivity contribution in [2.75, 3.05) is 7.11 Å². The van der Waals surface area contributed by atoms with Gasteiger partial charge < -0.3 is 14.0 Å². The van der Waals surface area contributed by atoms with E-state index < -0.39 is 16.5 Å². The summed E-state index contributed by atoms with van der Waals surface area (Å²) in [6.45, 7) is 3.65. The second kappa shape index (κ2) is 8.46. The second-order valence-corrected chi connectivity index (χ2v) is 5.93. The van der Waals surface area contributed by atoms with Gasteiger partial charge in [0.1, 0.15) is 0 Å². The van der Waals surface area contributed by atoms with Crippen LogP contribution < -0.4 is 15.0 Å². The first-order valence-corrected chi connectivity index (χ1v) is 8.48. The first-order valence-electron chi connectivity index (χ1n) is 8.48. The maximum Gasteiger partial charge on any atom is 0.308 e. The average Bonchev–Trinajstić information content (AvgIpc) is 2.60. The molecule has 0 bridgehead atoms. The van der Waals surface area contributed by atoms with Gasteiger partial charge in [-0.05, 0) is 12.5 Å². The first-order chi connectivity index (χ1) is 12.4. The van der Waals surface area contributed by atoms with Gasteiger partial charge in [0, 0.05) is 31.0 Å². The summed E-state index contributed by atoms with van der Waals surface area (Å²) in [5.41, 5.74) is -0.281. The molecule has 0 radical (unpaired) electrons. The number of hydrogen-bond donors (Lipinski definition) is 0. The second-order valence-electron chi connectivity index (χ2n) is 5.93. The fraction of sp³-hybridized carbons (Fsp3) is 0.444. The van der Waals surface area contributed by atoms with Crippen LogP contribution in [0.5, 0.6) is 11.5 Å². The number of nitrogens with zero attached hydrogens (tertiary/aromatic N) is 2. The zero-order valence-electron chi connectivity index (χ0n) is 15.1. The lowest BCUT2D eigenvalue weighted by atomic mass is 10.1. The van der Waals surface area contributed by atoms with Crippen molar-refractivity contribution in [3.8, 4) is 11.5 Å². The van der Waals surface area contributed by atoms with Crippen LogP contribution in [-0.2, 0) is 11.3 Å². The van der Waals surface area contributed by atoms with Gasteiger partial charge in [-0.15, -0.1) is 0 Å². The maximum atomic E-state index is 12.9. The Morgan fingerprint density at radius 3 is 2.54 bits per heavy atom. The third-order valence-electron chi connectivity index (χ3n) is 4.06. The van der Waals surface area contributed by atoms with E-state index in [9.17, 15) is 19.7 Å². The summed E-state index contributed by atoms with van der Waals surface area (Å²) in [5.74, 6) is -0.740. The molecule has 0 saturated heterocycles. The van der Waals surface area contributed by atoms with Crippen LogP contribution in [0.1, 0.15) is 39.5 Å². The van der Waals surface area contributed by atoms with Gasteiger partial charge in [0.25, 0.3) is 11.2 Å². The highest BCUT2D eigenvalue weighted by molar-refractivity contribution is 5.90. The van der Waals surface area contributed by atoms with E-state index in [-0.39, 0.29) is 17.2 Å². The lowest BCUT2D eigenvalue weighted by molar-refractivity contribution is -0.384. The van der Waals surface area contributed by atoms with Crippen LogP contribution in [0, 0.1) is 10.1 Å². The summed E-state index contributed by atoms with van der Waals surface area (Å²) in [6, 6.07) is 4.17. The lowest BCUT2D eigenvalue weighted by Gasteiger charge is -2.16. The van der Waals surface area contributed by atoms with Crippen LogP contribution in [0.15, 0.2) is 23.0 Å². The normalized spacial score (nSPS) is 10.7. The van der Waals surface area contributed by atoms with Crippen LogP contribution >= 0.6 is 0 Å². The number of aromatic nitrogens is 1. The van der Waals surface area contributed by atoms with E-state index >= 15 is 0 Å². The smallest absolute Gasteiger partial charge is 0.308 e. The minimum Gasteiger partial charge on any atom is -0.492 e. The number of methoxy groups -OCH3 is 1. The molecule has 0 aliphatic rings. The van der Waals surface area contributed by atoms with Gasteiger partial charge in [0.05, 0.1) is 17.5 Å². The zero-order valence-corrected chi connectivity index (χ0v) is 15.1. The summed E-state index contributed by atoms with van der Waals surface area (Å²) in [4.78, 5) is 34.9. The zero-order chi connectivity index (χ0) is 19.3. The average molecular weight is 362 g/mol. The Morgan fingerprint density at radius 2 is 1.96 bits per heavy atom. The number of hydrogen-bond acceptors (Lipinski definition) is 6. The molecule has 0 fully saturated rings. The number of carbonyl (C=O) groups is 1. The largest absolute Gasteiger partial charge is 0.492 e. The van der Waals surface area contributed by atoms with Gasteiger partial charge in [0.15, 0.2) is 5.75 Å². The number of pyridine rings is 1. The van der Waals surface area contributed by atoms with Crippen LogP contribution in [0.25, 0.3) is 10.9 Å². The van der Waals surface area contributed by atoms with E-state index in [1.807, 2.05) is 0 Å². The number of nitro groups is 1. The Morgan fingerprint density at radius 1 is 1.23 bits per heavy atom. The van der Waals surface area contributed by atoms with Crippen LogP contribution in [0.2, 0.25) is 0 Å². The van der Waals surface area contributed by atoms with E-state index in [4.69, 9.17) is 9.47 Å². The predicted octanol–water partition coefficient (Wildman–Crippen LogP) is 3.42. The number of non-ortho nitro benzene ring substituents is 1. The molecule has 26 heavy (non-hydrogen) atoms. The van der Waals surface area contributed by atoms with Gasteiger partial charge in [-0.1, -0.05) is 26.2 Å². The van der Waals surface area contributed by atoms with Crippen LogP contribution in [-0.4, -0.2) is 22.6 Å². The van der Waals surface area contributed by atoms with Gasteiger partial charge in [-0.3, -0.25) is 19.7 Å². The van der Waals surface area contributed by atoms with Crippen molar-refractivity contribution in [1.29, 1.82) is 0 Å². The van der Waals surface area contributed by atoms with Gasteiger partial charge in [-0.2, -0.15) is 0 Å². The highest BCUT2D eigenvalue weighted by atomic mass is 16.6. The number of benzene rings is 1. The Labute approximate surface area is 150 Å². The molecule has 140 valence electrons. The van der Waals surface area contributed by atoms with Crippen LogP contribution in [0.3, 0.4) is 0 Å². The lowest BCUT2D eigenvalue weighted by Crippen LogP contribution is -2.24. The summed E-state index contributed by atoms with van der Waals surface area (Å²) < 4.78 is 11.8. The minimum atomic E-state index is -0.640. The molecule has 0 spiro atoms. The molecule has 0 unspecified atom stereocenters. The van der Waals surface area contributed by atoms with Crippen molar-refractivity contribution < 1.29 is 19.2 Å². The van der Waals surface area contributed by atoms with Gasteiger partial charge >= 0.3 is 5.97 Å². The third kappa shape index (κ3) is 4.01. The first kappa shape index (κ1) is 19.4. The SMILES string of the molecule is CCCCCCn1c(=O)c(OC(C)=O)c(OC)c2ccc([N+](=O)[O-])cc21. The van der Waals surface area contributed by atoms with Crippen molar-refractivity contribution in [3.63, 3.8) is 0 Å². The molecule has 1 aromatic carbocycles. The van der Waals surface area contributed by atoms with Gasteiger partial charge in [0.2, 0.25) is 5.75 Å². The molecule has 0 saturated carbocycles. The topological polar surface area (TPSA) is 101 Å². The Bertz CT molecular complexity index is 887. The number of aryl methyl sites for hydroxylation is 1. The molecule has 1 aromatic heterocycles. The number of unbranched alkanes of at least 4 members (excludes halogenated alkanes) is 3. The molecular formula is C18H22N2O6. The molecule has 8 heteroatoms. The molecule has 0 atom stereocenters. The molecule has 1 heterocycles. The maximum absolute atomic E-state index is 12.9. The van der Waals surface area contributed by atoms with Crippen LogP contribution in [0.4, 0.5) is 5.69 Å². The standard InChI is InChI=1S/C18H22N2O6/c1-4-5-6-7-10-19-15-11-13(20(23)24)8-9-14(15)16(25-3)17(18(19)22)26-12(2)21/h8-9,11H,4-7,10H2,1-3H3. The van der Waals surface area contributed by atoms with E-state index in [0.717, 1.165) is 25.7 Å². The van der Waals surface area contributed by atoms with Crippen molar-refractivity contribution in [2.24, 2.45) is 0 Å². The van der Waals surface area contributed by atoms with Gasteiger partial charge in [-0.25, -0.2) is 0 Å². The quantitative estimate of drug-likeness (QED) is 0.309. The number of rotatable bonds is 8. The molecule has 2 aromatic rings. The Hall–Kier alpha value is -2.90. The summed E-state index contributed by atoms with van der Waals surface area (Å²) in [6.07, 6.45) is 3.73. The van der Waals surface area contributed by atoms with Crippen molar-refractivity contribution in [2.45, 2.75) is 46.1 Å². The number of fused-ring (bicyclic) bond motifs is 1. The van der Waals surface area contributed by atoms with Crippen molar-refractivity contribution in [3.05, 3.63) is 38.7 Å². The number of carbonyl (C=O) groups excluding carboxylic acids is 1. The Balaban J connectivity index is 2.71. The highest BCUT2D eigenvalue weighted by Crippen LogP contribution is 2.34. The summed E-state index contributed by atoms with van der Waals surface area (Å²) in [7, 11) is 1.36. The number of nitro benzene ring substituents is 1.